The van der Waals surface area contributed by atoms with Crippen LogP contribution >= 0.6 is 0 Å². The van der Waals surface area contributed by atoms with Gasteiger partial charge in [0, 0.05) is 30.4 Å². The highest BCUT2D eigenvalue weighted by atomic mass is 16.2. The third-order valence-electron chi connectivity index (χ3n) is 5.72. The zero-order chi connectivity index (χ0) is 19.8. The van der Waals surface area contributed by atoms with E-state index in [0.29, 0.717) is 6.54 Å². The predicted molar refractivity (Wildman–Crippen MR) is 117 cm³/mol. The van der Waals surface area contributed by atoms with Gasteiger partial charge >= 0.3 is 6.03 Å². The highest BCUT2D eigenvalue weighted by molar-refractivity contribution is 6.01. The summed E-state index contributed by atoms with van der Waals surface area (Å²) in [5.41, 5.74) is 4.33. The van der Waals surface area contributed by atoms with Crippen molar-refractivity contribution >= 4 is 22.5 Å². The maximum Gasteiger partial charge on any atom is 0.322 e. The molecule has 0 radical (unpaired) electrons. The first-order valence-electron chi connectivity index (χ1n) is 9.98. The minimum atomic E-state index is -0.102. The van der Waals surface area contributed by atoms with E-state index < -0.39 is 0 Å². The zero-order valence-electron chi connectivity index (χ0n) is 16.4. The average molecular weight is 381 g/mol. The number of aromatic nitrogens is 1. The molecule has 29 heavy (non-hydrogen) atoms. The van der Waals surface area contributed by atoms with E-state index in [1.54, 1.807) is 0 Å². The van der Waals surface area contributed by atoms with E-state index in [4.69, 9.17) is 0 Å². The van der Waals surface area contributed by atoms with Crippen LogP contribution in [0.25, 0.3) is 10.8 Å². The summed E-state index contributed by atoms with van der Waals surface area (Å²) in [7, 11) is 0. The molecule has 1 atom stereocenters. The summed E-state index contributed by atoms with van der Waals surface area (Å²) in [5.74, 6) is 0. The molecule has 0 spiro atoms. The van der Waals surface area contributed by atoms with Crippen molar-refractivity contribution < 1.29 is 4.79 Å². The molecule has 144 valence electrons. The van der Waals surface area contributed by atoms with E-state index in [9.17, 15) is 4.79 Å². The van der Waals surface area contributed by atoms with Gasteiger partial charge in [0.25, 0.3) is 0 Å². The van der Waals surface area contributed by atoms with Gasteiger partial charge in [-0.05, 0) is 36.1 Å². The van der Waals surface area contributed by atoms with Crippen LogP contribution in [0.1, 0.15) is 22.9 Å². The molecule has 1 N–H and O–H groups in total. The van der Waals surface area contributed by atoms with Crippen LogP contribution in [0.2, 0.25) is 0 Å². The van der Waals surface area contributed by atoms with Crippen molar-refractivity contribution in [2.45, 2.75) is 19.5 Å². The van der Waals surface area contributed by atoms with Crippen molar-refractivity contribution in [3.8, 4) is 0 Å². The number of hydrogen-bond acceptors (Lipinski definition) is 1. The number of carbonyl (C=O) groups is 1. The fourth-order valence-corrected chi connectivity index (χ4v) is 4.22. The molecule has 4 aromatic rings. The molecule has 1 aromatic heterocycles. The Morgan fingerprint density at radius 2 is 1.69 bits per heavy atom. The minimum absolute atomic E-state index is 0.0700. The molecule has 5 rings (SSSR count). The molecular formula is C25H23N3O. The van der Waals surface area contributed by atoms with Crippen molar-refractivity contribution in [1.29, 1.82) is 0 Å². The highest BCUT2D eigenvalue weighted by Gasteiger charge is 2.32. The summed E-state index contributed by atoms with van der Waals surface area (Å²) in [6, 6.07) is 26.6. The number of amides is 2. The molecule has 4 nitrogen and oxygen atoms in total. The highest BCUT2D eigenvalue weighted by Crippen LogP contribution is 2.33. The summed E-state index contributed by atoms with van der Waals surface area (Å²) in [6.07, 6.45) is 2.09. The second-order valence-corrected chi connectivity index (χ2v) is 7.59. The third-order valence-corrected chi connectivity index (χ3v) is 5.72. The largest absolute Gasteiger partial charge is 0.348 e. The summed E-state index contributed by atoms with van der Waals surface area (Å²) in [4.78, 5) is 15.3. The first kappa shape index (κ1) is 17.6. The van der Waals surface area contributed by atoms with Gasteiger partial charge in [-0.25, -0.2) is 4.79 Å². The van der Waals surface area contributed by atoms with Crippen molar-refractivity contribution in [3.63, 3.8) is 0 Å². The summed E-state index contributed by atoms with van der Waals surface area (Å²) in [5, 5.41) is 5.34. The normalized spacial score (nSPS) is 15.9. The van der Waals surface area contributed by atoms with Gasteiger partial charge in [-0.3, -0.25) is 0 Å². The SMILES string of the molecule is Cc1ccc([C@@H]2c3cccn3CCN2C(=O)Nc2cccc3ccccc23)cc1. The molecule has 0 unspecified atom stereocenters. The van der Waals surface area contributed by atoms with Crippen LogP contribution in [-0.4, -0.2) is 22.0 Å². The van der Waals surface area contributed by atoms with Gasteiger partial charge in [-0.1, -0.05) is 66.2 Å². The topological polar surface area (TPSA) is 37.3 Å². The molecular weight excluding hydrogens is 358 g/mol. The molecule has 0 aliphatic carbocycles. The van der Waals surface area contributed by atoms with Crippen LogP contribution in [0.5, 0.6) is 0 Å². The smallest absolute Gasteiger partial charge is 0.322 e. The first-order valence-corrected chi connectivity index (χ1v) is 9.98. The number of fused-ring (bicyclic) bond motifs is 2. The van der Waals surface area contributed by atoms with Crippen LogP contribution < -0.4 is 5.32 Å². The molecule has 0 bridgehead atoms. The van der Waals surface area contributed by atoms with Gasteiger partial charge in [-0.15, -0.1) is 0 Å². The molecule has 1 aliphatic heterocycles. The molecule has 2 heterocycles. The Bertz CT molecular complexity index is 1170. The maximum atomic E-state index is 13.4. The molecule has 0 fully saturated rings. The van der Waals surface area contributed by atoms with Crippen LogP contribution in [-0.2, 0) is 6.54 Å². The number of urea groups is 1. The second kappa shape index (κ2) is 7.13. The van der Waals surface area contributed by atoms with Gasteiger partial charge in [0.15, 0.2) is 0 Å². The lowest BCUT2D eigenvalue weighted by molar-refractivity contribution is 0.182. The van der Waals surface area contributed by atoms with Gasteiger partial charge < -0.3 is 14.8 Å². The fourth-order valence-electron chi connectivity index (χ4n) is 4.22. The number of benzene rings is 3. The Hall–Kier alpha value is -3.53. The molecule has 4 heteroatoms. The van der Waals surface area contributed by atoms with E-state index >= 15 is 0 Å². The lowest BCUT2D eigenvalue weighted by Crippen LogP contribution is -2.44. The van der Waals surface area contributed by atoms with E-state index in [0.717, 1.165) is 34.3 Å². The summed E-state index contributed by atoms with van der Waals surface area (Å²) in [6.45, 7) is 3.54. The summed E-state index contributed by atoms with van der Waals surface area (Å²) >= 11 is 0. The van der Waals surface area contributed by atoms with E-state index in [1.165, 1.54) is 5.56 Å². The third kappa shape index (κ3) is 3.17. The Balaban J connectivity index is 1.51. The number of hydrogen-bond donors (Lipinski definition) is 1. The van der Waals surface area contributed by atoms with Gasteiger partial charge in [0.2, 0.25) is 0 Å². The first-order chi connectivity index (χ1) is 14.2. The van der Waals surface area contributed by atoms with Crippen molar-refractivity contribution in [1.82, 2.24) is 9.47 Å². The minimum Gasteiger partial charge on any atom is -0.348 e. The predicted octanol–water partition coefficient (Wildman–Crippen LogP) is 5.59. The van der Waals surface area contributed by atoms with Gasteiger partial charge in [0.05, 0.1) is 11.7 Å². The monoisotopic (exact) mass is 381 g/mol. The second-order valence-electron chi connectivity index (χ2n) is 7.59. The fraction of sp³-hybridized carbons (Fsp3) is 0.160. The van der Waals surface area contributed by atoms with E-state index in [1.807, 2.05) is 35.2 Å². The average Bonchev–Trinajstić information content (AvgIpc) is 3.23. The summed E-state index contributed by atoms with van der Waals surface area (Å²) < 4.78 is 2.24. The van der Waals surface area contributed by atoms with Gasteiger partial charge in [-0.2, -0.15) is 0 Å². The molecule has 0 saturated heterocycles. The zero-order valence-corrected chi connectivity index (χ0v) is 16.4. The van der Waals surface area contributed by atoms with Crippen LogP contribution in [0.15, 0.2) is 85.1 Å². The number of nitrogens with one attached hydrogen (secondary N) is 1. The number of anilines is 1. The van der Waals surface area contributed by atoms with Crippen molar-refractivity contribution in [2.24, 2.45) is 0 Å². The van der Waals surface area contributed by atoms with E-state index in [-0.39, 0.29) is 12.1 Å². The lowest BCUT2D eigenvalue weighted by Gasteiger charge is -2.37. The van der Waals surface area contributed by atoms with Crippen LogP contribution in [0.3, 0.4) is 0 Å². The standard InChI is InChI=1S/C25H23N3O/c1-18-11-13-20(14-12-18)24-23-10-5-15-27(23)16-17-28(24)25(29)26-22-9-4-7-19-6-2-3-8-21(19)22/h2-15,24H,16-17H2,1H3,(H,26,29)/t24-/m1/s1. The maximum absolute atomic E-state index is 13.4. The Morgan fingerprint density at radius 3 is 2.55 bits per heavy atom. The Morgan fingerprint density at radius 1 is 0.897 bits per heavy atom. The Labute approximate surface area is 170 Å². The van der Waals surface area contributed by atoms with Gasteiger partial charge in [0.1, 0.15) is 0 Å². The van der Waals surface area contributed by atoms with E-state index in [2.05, 4.69) is 71.5 Å². The van der Waals surface area contributed by atoms with Crippen molar-refractivity contribution in [2.75, 3.05) is 11.9 Å². The number of rotatable bonds is 2. The van der Waals surface area contributed by atoms with Crippen LogP contribution in [0, 0.1) is 6.92 Å². The molecule has 0 saturated carbocycles. The molecule has 1 aliphatic rings. The molecule has 2 amide bonds. The number of nitrogens with zero attached hydrogens (tertiary/aromatic N) is 2. The number of carbonyl (C=O) groups excluding carboxylic acids is 1. The number of aryl methyl sites for hydroxylation is 1. The lowest BCUT2D eigenvalue weighted by atomic mass is 9.99. The molecule has 3 aromatic carbocycles. The quantitative estimate of drug-likeness (QED) is 0.483. The Kier molecular flexibility index (Phi) is 4.32. The van der Waals surface area contributed by atoms with Crippen LogP contribution in [0.4, 0.5) is 10.5 Å². The van der Waals surface area contributed by atoms with Crippen molar-refractivity contribution in [3.05, 3.63) is 102 Å².